The lowest BCUT2D eigenvalue weighted by molar-refractivity contribution is 0.468. The van der Waals surface area contributed by atoms with Crippen LogP contribution in [0.3, 0.4) is 0 Å². The van der Waals surface area contributed by atoms with Gasteiger partial charge in [-0.25, -0.2) is 9.50 Å². The first-order chi connectivity index (χ1) is 9.15. The molecule has 0 amide bonds. The molecule has 0 aliphatic rings. The number of benzene rings is 1. The first kappa shape index (κ1) is 12.1. The van der Waals surface area contributed by atoms with E-state index in [0.29, 0.717) is 27.4 Å². The fourth-order valence-electron chi connectivity index (χ4n) is 1.65. The van der Waals surface area contributed by atoms with Gasteiger partial charge in [-0.15, -0.1) is 0 Å². The van der Waals surface area contributed by atoms with Gasteiger partial charge >= 0.3 is 0 Å². The van der Waals surface area contributed by atoms with Crippen molar-refractivity contribution in [2.24, 2.45) is 0 Å². The maximum absolute atomic E-state index is 5.94. The Morgan fingerprint density at radius 1 is 1.16 bits per heavy atom. The number of rotatable bonds is 2. The summed E-state index contributed by atoms with van der Waals surface area (Å²) in [5.41, 5.74) is 6.96. The van der Waals surface area contributed by atoms with Gasteiger partial charge in [-0.3, -0.25) is 0 Å². The Hall–Kier alpha value is -1.98. The Morgan fingerprint density at radius 2 is 1.95 bits per heavy atom. The van der Waals surface area contributed by atoms with Gasteiger partial charge in [0.15, 0.2) is 5.75 Å². The van der Waals surface area contributed by atoms with E-state index in [1.807, 2.05) is 0 Å². The van der Waals surface area contributed by atoms with E-state index in [0.717, 1.165) is 5.52 Å². The van der Waals surface area contributed by atoms with Crippen molar-refractivity contribution < 1.29 is 4.74 Å². The summed E-state index contributed by atoms with van der Waals surface area (Å²) in [5, 5.41) is 4.84. The molecule has 0 radical (unpaired) electrons. The SMILES string of the molecule is Nc1cc(Cl)c(Cl)cc1Oc1nccn2nccc12. The molecule has 0 aliphatic carbocycles. The smallest absolute Gasteiger partial charge is 0.245 e. The number of halogens is 2. The van der Waals surface area contributed by atoms with Crippen molar-refractivity contribution in [1.82, 2.24) is 14.6 Å². The van der Waals surface area contributed by atoms with Gasteiger partial charge in [0.25, 0.3) is 0 Å². The highest BCUT2D eigenvalue weighted by Crippen LogP contribution is 2.35. The second-order valence-corrected chi connectivity index (χ2v) is 4.61. The third kappa shape index (κ3) is 2.18. The molecule has 5 nitrogen and oxygen atoms in total. The van der Waals surface area contributed by atoms with Crippen molar-refractivity contribution in [3.8, 4) is 11.6 Å². The van der Waals surface area contributed by atoms with Crippen LogP contribution >= 0.6 is 23.2 Å². The predicted octanol–water partition coefficient (Wildman–Crippen LogP) is 3.41. The number of anilines is 1. The van der Waals surface area contributed by atoms with Crippen LogP contribution in [0.5, 0.6) is 11.6 Å². The molecular weight excluding hydrogens is 287 g/mol. The van der Waals surface area contributed by atoms with E-state index < -0.39 is 0 Å². The Balaban J connectivity index is 2.06. The number of nitrogens with zero attached hydrogens (tertiary/aromatic N) is 3. The summed E-state index contributed by atoms with van der Waals surface area (Å²) in [6.07, 6.45) is 4.96. The first-order valence-electron chi connectivity index (χ1n) is 5.36. The van der Waals surface area contributed by atoms with E-state index in [1.165, 1.54) is 6.07 Å². The molecular formula is C12H8Cl2N4O. The molecule has 0 bridgehead atoms. The molecule has 0 unspecified atom stereocenters. The Bertz CT molecular complexity index is 757. The van der Waals surface area contributed by atoms with Gasteiger partial charge in [-0.05, 0) is 12.1 Å². The molecule has 0 saturated heterocycles. The molecule has 0 saturated carbocycles. The van der Waals surface area contributed by atoms with E-state index in [9.17, 15) is 0 Å². The number of hydrogen-bond acceptors (Lipinski definition) is 4. The van der Waals surface area contributed by atoms with E-state index in [4.69, 9.17) is 33.7 Å². The zero-order valence-electron chi connectivity index (χ0n) is 9.55. The molecule has 1 aromatic carbocycles. The minimum Gasteiger partial charge on any atom is -0.435 e. The summed E-state index contributed by atoms with van der Waals surface area (Å²) < 4.78 is 7.33. The minimum atomic E-state index is 0.367. The highest BCUT2D eigenvalue weighted by Gasteiger charge is 2.10. The van der Waals surface area contributed by atoms with Gasteiger partial charge in [-0.2, -0.15) is 5.10 Å². The molecule has 0 aliphatic heterocycles. The molecule has 3 rings (SSSR count). The van der Waals surface area contributed by atoms with Crippen molar-refractivity contribution in [3.63, 3.8) is 0 Å². The van der Waals surface area contributed by atoms with Crippen molar-refractivity contribution in [1.29, 1.82) is 0 Å². The second kappa shape index (κ2) is 4.60. The first-order valence-corrected chi connectivity index (χ1v) is 6.11. The summed E-state index contributed by atoms with van der Waals surface area (Å²) >= 11 is 11.8. The zero-order chi connectivity index (χ0) is 13.4. The lowest BCUT2D eigenvalue weighted by Crippen LogP contribution is -1.96. The molecule has 19 heavy (non-hydrogen) atoms. The van der Waals surface area contributed by atoms with Crippen LogP contribution in [0.1, 0.15) is 0 Å². The van der Waals surface area contributed by atoms with E-state index >= 15 is 0 Å². The highest BCUT2D eigenvalue weighted by molar-refractivity contribution is 6.42. The topological polar surface area (TPSA) is 65.4 Å². The van der Waals surface area contributed by atoms with Crippen molar-refractivity contribution in [2.75, 3.05) is 5.73 Å². The zero-order valence-corrected chi connectivity index (χ0v) is 11.1. The predicted molar refractivity (Wildman–Crippen MR) is 73.9 cm³/mol. The Morgan fingerprint density at radius 3 is 2.79 bits per heavy atom. The van der Waals surface area contributed by atoms with E-state index in [2.05, 4.69) is 10.1 Å². The van der Waals surface area contributed by atoms with Crippen LogP contribution in [0.15, 0.2) is 36.8 Å². The molecule has 7 heteroatoms. The van der Waals surface area contributed by atoms with Gasteiger partial charge in [-0.1, -0.05) is 23.2 Å². The lowest BCUT2D eigenvalue weighted by Gasteiger charge is -2.09. The van der Waals surface area contributed by atoms with Gasteiger partial charge in [0.05, 0.1) is 21.9 Å². The Labute approximate surface area is 118 Å². The molecule has 2 N–H and O–H groups in total. The van der Waals surface area contributed by atoms with Crippen molar-refractivity contribution >= 4 is 34.4 Å². The fourth-order valence-corrected chi connectivity index (χ4v) is 1.97. The molecule has 3 aromatic rings. The van der Waals surface area contributed by atoms with Crippen LogP contribution in [0.2, 0.25) is 10.0 Å². The third-order valence-electron chi connectivity index (χ3n) is 2.55. The molecule has 0 spiro atoms. The van der Waals surface area contributed by atoms with Gasteiger partial charge in [0.2, 0.25) is 5.88 Å². The van der Waals surface area contributed by atoms with Crippen molar-refractivity contribution in [2.45, 2.75) is 0 Å². The average molecular weight is 295 g/mol. The molecule has 2 heterocycles. The summed E-state index contributed by atoms with van der Waals surface area (Å²) in [7, 11) is 0. The summed E-state index contributed by atoms with van der Waals surface area (Å²) in [4.78, 5) is 4.15. The molecule has 0 fully saturated rings. The van der Waals surface area contributed by atoms with Crippen LogP contribution in [-0.4, -0.2) is 14.6 Å². The normalized spacial score (nSPS) is 10.8. The van der Waals surface area contributed by atoms with Gasteiger partial charge in [0, 0.05) is 18.5 Å². The standard InChI is InChI=1S/C12H8Cl2N4O/c13-7-5-9(15)11(6-8(7)14)19-12-10-1-2-17-18(10)4-3-16-12/h1-6H,15H2. The number of hydrogen-bond donors (Lipinski definition) is 1. The lowest BCUT2D eigenvalue weighted by atomic mass is 10.3. The molecule has 2 aromatic heterocycles. The number of nitrogen functional groups attached to an aromatic ring is 1. The third-order valence-corrected chi connectivity index (χ3v) is 3.27. The van der Waals surface area contributed by atoms with Crippen LogP contribution in [0, 0.1) is 0 Å². The number of ether oxygens (including phenoxy) is 1. The summed E-state index contributed by atoms with van der Waals surface area (Å²) in [6.45, 7) is 0. The van der Waals surface area contributed by atoms with E-state index in [-0.39, 0.29) is 0 Å². The van der Waals surface area contributed by atoms with Gasteiger partial charge in [0.1, 0.15) is 5.52 Å². The quantitative estimate of drug-likeness (QED) is 0.736. The minimum absolute atomic E-state index is 0.367. The number of fused-ring (bicyclic) bond motifs is 1. The van der Waals surface area contributed by atoms with Crippen LogP contribution in [0.25, 0.3) is 5.52 Å². The fraction of sp³-hybridized carbons (Fsp3) is 0. The van der Waals surface area contributed by atoms with Crippen molar-refractivity contribution in [3.05, 3.63) is 46.8 Å². The van der Waals surface area contributed by atoms with Crippen LogP contribution in [0.4, 0.5) is 5.69 Å². The van der Waals surface area contributed by atoms with Crippen LogP contribution < -0.4 is 10.5 Å². The highest BCUT2D eigenvalue weighted by atomic mass is 35.5. The van der Waals surface area contributed by atoms with Gasteiger partial charge < -0.3 is 10.5 Å². The van der Waals surface area contributed by atoms with E-state index in [1.54, 1.807) is 35.2 Å². The maximum Gasteiger partial charge on any atom is 0.245 e. The summed E-state index contributed by atoms with van der Waals surface area (Å²) in [5.74, 6) is 0.793. The second-order valence-electron chi connectivity index (χ2n) is 3.80. The number of aromatic nitrogens is 3. The maximum atomic E-state index is 5.94. The Kier molecular flexibility index (Phi) is 2.93. The summed E-state index contributed by atoms with van der Waals surface area (Å²) in [6, 6.07) is 4.88. The number of nitrogens with two attached hydrogens (primary N) is 1. The molecule has 0 atom stereocenters. The largest absolute Gasteiger partial charge is 0.435 e. The molecule has 96 valence electrons. The monoisotopic (exact) mass is 294 g/mol. The average Bonchev–Trinajstić information content (AvgIpc) is 2.85. The van der Waals surface area contributed by atoms with Crippen LogP contribution in [-0.2, 0) is 0 Å².